The quantitative estimate of drug-likeness (QED) is 0.649. The second-order valence-electron chi connectivity index (χ2n) is 3.29. The van der Waals surface area contributed by atoms with Gasteiger partial charge in [-0.25, -0.2) is 4.79 Å². The van der Waals surface area contributed by atoms with Gasteiger partial charge in [-0.05, 0) is 19.1 Å². The van der Waals surface area contributed by atoms with E-state index in [0.29, 0.717) is 12.0 Å². The molecule has 1 N–H and O–H groups in total. The van der Waals surface area contributed by atoms with E-state index in [1.807, 2.05) is 13.0 Å². The zero-order valence-corrected chi connectivity index (χ0v) is 11.3. The first-order chi connectivity index (χ1) is 9.13. The fourth-order valence-corrected chi connectivity index (χ4v) is 0.853. The lowest BCUT2D eigenvalue weighted by molar-refractivity contribution is -0.107. The zero-order valence-electron chi connectivity index (χ0n) is 11.3. The molecule has 1 rings (SSSR count). The molecule has 106 valence electrons. The number of hydrogen-bond acceptors (Lipinski definition) is 5. The molecule has 0 radical (unpaired) electrons. The van der Waals surface area contributed by atoms with Crippen molar-refractivity contribution in [2.45, 2.75) is 13.2 Å². The van der Waals surface area contributed by atoms with Crippen LogP contribution in [0.3, 0.4) is 0 Å². The SMILES string of the molecule is COC(C)OC.O=CCNC(=O)Oc1ccccc1. The van der Waals surface area contributed by atoms with E-state index in [9.17, 15) is 9.59 Å². The van der Waals surface area contributed by atoms with Crippen molar-refractivity contribution in [3.8, 4) is 5.75 Å². The lowest BCUT2D eigenvalue weighted by Crippen LogP contribution is -2.28. The van der Waals surface area contributed by atoms with E-state index in [2.05, 4.69) is 14.8 Å². The summed E-state index contributed by atoms with van der Waals surface area (Å²) in [7, 11) is 3.21. The van der Waals surface area contributed by atoms with Gasteiger partial charge in [-0.2, -0.15) is 0 Å². The fraction of sp³-hybridized carbons (Fsp3) is 0.385. The molecule has 19 heavy (non-hydrogen) atoms. The van der Waals surface area contributed by atoms with Gasteiger partial charge in [0.15, 0.2) is 6.29 Å². The number of amides is 1. The Labute approximate surface area is 112 Å². The first-order valence-corrected chi connectivity index (χ1v) is 5.64. The van der Waals surface area contributed by atoms with E-state index < -0.39 is 6.09 Å². The minimum absolute atomic E-state index is 0.0360. The molecule has 0 aromatic heterocycles. The van der Waals surface area contributed by atoms with Gasteiger partial charge in [0.05, 0.1) is 6.54 Å². The molecule has 0 bridgehead atoms. The number of methoxy groups -OCH3 is 2. The highest BCUT2D eigenvalue weighted by molar-refractivity contribution is 5.73. The van der Waals surface area contributed by atoms with Crippen molar-refractivity contribution in [3.63, 3.8) is 0 Å². The number of aldehydes is 1. The highest BCUT2D eigenvalue weighted by atomic mass is 16.7. The summed E-state index contributed by atoms with van der Waals surface area (Å²) in [6, 6.07) is 8.63. The monoisotopic (exact) mass is 269 g/mol. The van der Waals surface area contributed by atoms with Crippen LogP contribution in [0.25, 0.3) is 0 Å². The van der Waals surface area contributed by atoms with Crippen LogP contribution in [-0.2, 0) is 14.3 Å². The summed E-state index contributed by atoms with van der Waals surface area (Å²) in [5.41, 5.74) is 0. The molecule has 0 aliphatic rings. The molecule has 0 unspecified atom stereocenters. The van der Waals surface area contributed by atoms with Crippen LogP contribution in [0.4, 0.5) is 4.79 Å². The molecule has 6 nitrogen and oxygen atoms in total. The van der Waals surface area contributed by atoms with Gasteiger partial charge < -0.3 is 24.3 Å². The predicted molar refractivity (Wildman–Crippen MR) is 70.0 cm³/mol. The molecule has 0 fully saturated rings. The molecule has 1 aromatic rings. The summed E-state index contributed by atoms with van der Waals surface area (Å²) in [5, 5.41) is 2.25. The van der Waals surface area contributed by atoms with Gasteiger partial charge in [0.2, 0.25) is 0 Å². The Kier molecular flexibility index (Phi) is 10.1. The third kappa shape index (κ3) is 9.75. The average molecular weight is 269 g/mol. The Morgan fingerprint density at radius 1 is 1.26 bits per heavy atom. The molecule has 0 atom stereocenters. The van der Waals surface area contributed by atoms with Crippen LogP contribution in [0.1, 0.15) is 6.92 Å². The molecule has 0 aliphatic carbocycles. The number of benzene rings is 1. The minimum atomic E-state index is -0.627. The number of carbonyl (C=O) groups is 2. The summed E-state index contributed by atoms with van der Waals surface area (Å²) in [6.07, 6.45) is -0.102. The summed E-state index contributed by atoms with van der Waals surface area (Å²) in [4.78, 5) is 20.8. The number of para-hydroxylation sites is 1. The van der Waals surface area contributed by atoms with E-state index >= 15 is 0 Å². The van der Waals surface area contributed by atoms with Crippen LogP contribution in [0, 0.1) is 0 Å². The molecule has 0 saturated carbocycles. The number of ether oxygens (including phenoxy) is 3. The van der Waals surface area contributed by atoms with Gasteiger partial charge in [-0.3, -0.25) is 0 Å². The fourth-order valence-electron chi connectivity index (χ4n) is 0.853. The van der Waals surface area contributed by atoms with Crippen LogP contribution in [0.15, 0.2) is 30.3 Å². The summed E-state index contributed by atoms with van der Waals surface area (Å²) >= 11 is 0. The highest BCUT2D eigenvalue weighted by Crippen LogP contribution is 2.07. The Balaban J connectivity index is 0.000000459. The molecule has 0 spiro atoms. The summed E-state index contributed by atoms with van der Waals surface area (Å²) < 4.78 is 14.2. The van der Waals surface area contributed by atoms with Crippen molar-refractivity contribution < 1.29 is 23.8 Å². The summed E-state index contributed by atoms with van der Waals surface area (Å²) in [5.74, 6) is 0.450. The molecule has 6 heteroatoms. The maximum absolute atomic E-state index is 10.9. The van der Waals surface area contributed by atoms with Crippen molar-refractivity contribution in [1.82, 2.24) is 5.32 Å². The largest absolute Gasteiger partial charge is 0.412 e. The van der Waals surface area contributed by atoms with E-state index in [-0.39, 0.29) is 12.8 Å². The zero-order chi connectivity index (χ0) is 14.5. The van der Waals surface area contributed by atoms with E-state index in [0.717, 1.165) is 0 Å². The van der Waals surface area contributed by atoms with Gasteiger partial charge in [-0.15, -0.1) is 0 Å². The lowest BCUT2D eigenvalue weighted by atomic mass is 10.3. The van der Waals surface area contributed by atoms with E-state index in [1.165, 1.54) is 0 Å². The maximum Gasteiger partial charge on any atom is 0.412 e. The standard InChI is InChI=1S/C9H9NO3.C4H10O2/c11-7-6-10-9(12)13-8-4-2-1-3-5-8;1-4(5-2)6-3/h1-5,7H,6H2,(H,10,12);4H,1-3H3. The second-order valence-corrected chi connectivity index (χ2v) is 3.29. The first-order valence-electron chi connectivity index (χ1n) is 5.64. The van der Waals surface area contributed by atoms with Crippen LogP contribution in [0.2, 0.25) is 0 Å². The molecular formula is C13H19NO5. The van der Waals surface area contributed by atoms with Gasteiger partial charge in [0.25, 0.3) is 0 Å². The predicted octanol–water partition coefficient (Wildman–Crippen LogP) is 1.60. The first kappa shape index (κ1) is 17.1. The maximum atomic E-state index is 10.9. The van der Waals surface area contributed by atoms with Gasteiger partial charge in [-0.1, -0.05) is 18.2 Å². The average Bonchev–Trinajstić information content (AvgIpc) is 2.46. The topological polar surface area (TPSA) is 73.9 Å². The Hall–Kier alpha value is -1.92. The Morgan fingerprint density at radius 2 is 1.84 bits per heavy atom. The molecule has 1 amide bonds. The van der Waals surface area contributed by atoms with Crippen LogP contribution in [-0.4, -0.2) is 39.4 Å². The highest BCUT2D eigenvalue weighted by Gasteiger charge is 2.00. The van der Waals surface area contributed by atoms with Crippen molar-refractivity contribution in [3.05, 3.63) is 30.3 Å². The third-order valence-corrected chi connectivity index (χ3v) is 1.95. The minimum Gasteiger partial charge on any atom is -0.410 e. The van der Waals surface area contributed by atoms with Crippen molar-refractivity contribution in [2.75, 3.05) is 20.8 Å². The summed E-state index contributed by atoms with van der Waals surface area (Å²) in [6.45, 7) is 1.80. The Morgan fingerprint density at radius 3 is 2.26 bits per heavy atom. The van der Waals surface area contributed by atoms with Crippen molar-refractivity contribution in [2.24, 2.45) is 0 Å². The molecule has 0 aliphatic heterocycles. The van der Waals surface area contributed by atoms with E-state index in [4.69, 9.17) is 4.74 Å². The number of nitrogens with one attached hydrogen (secondary N) is 1. The number of hydrogen-bond donors (Lipinski definition) is 1. The molecule has 0 saturated heterocycles. The molecule has 1 aromatic carbocycles. The molecule has 0 heterocycles. The van der Waals surface area contributed by atoms with Crippen LogP contribution >= 0.6 is 0 Å². The normalized spacial score (nSPS) is 9.26. The Bertz CT molecular complexity index is 351. The second kappa shape index (κ2) is 11.2. The van der Waals surface area contributed by atoms with Gasteiger partial charge in [0.1, 0.15) is 12.0 Å². The van der Waals surface area contributed by atoms with E-state index in [1.54, 1.807) is 38.5 Å². The van der Waals surface area contributed by atoms with Crippen LogP contribution < -0.4 is 10.1 Å². The van der Waals surface area contributed by atoms with Crippen molar-refractivity contribution >= 4 is 12.4 Å². The van der Waals surface area contributed by atoms with Crippen LogP contribution in [0.5, 0.6) is 5.75 Å². The smallest absolute Gasteiger partial charge is 0.410 e. The van der Waals surface area contributed by atoms with Crippen molar-refractivity contribution in [1.29, 1.82) is 0 Å². The number of rotatable bonds is 5. The number of carbonyl (C=O) groups excluding carboxylic acids is 2. The van der Waals surface area contributed by atoms with Gasteiger partial charge >= 0.3 is 6.09 Å². The third-order valence-electron chi connectivity index (χ3n) is 1.95. The lowest BCUT2D eigenvalue weighted by Gasteiger charge is -2.03. The van der Waals surface area contributed by atoms with Gasteiger partial charge in [0, 0.05) is 14.2 Å². The molecular weight excluding hydrogens is 250 g/mol.